The van der Waals surface area contributed by atoms with Crippen LogP contribution in [-0.2, 0) is 0 Å². The van der Waals surface area contributed by atoms with Crippen LogP contribution in [0.1, 0.15) is 16.1 Å². The van der Waals surface area contributed by atoms with Gasteiger partial charge in [-0.1, -0.05) is 18.2 Å². The normalized spacial score (nSPS) is 9.87. The molecule has 0 saturated carbocycles. The van der Waals surface area contributed by atoms with Gasteiger partial charge in [-0.3, -0.25) is 10.1 Å². The molecule has 2 aromatic rings. The zero-order valence-electron chi connectivity index (χ0n) is 8.07. The van der Waals surface area contributed by atoms with E-state index in [0.29, 0.717) is 5.58 Å². The third-order valence-electron chi connectivity index (χ3n) is 2.22. The summed E-state index contributed by atoms with van der Waals surface area (Å²) in [4.78, 5) is 11.4. The van der Waals surface area contributed by atoms with Crippen LogP contribution in [0, 0.1) is 18.4 Å². The number of fused-ring (bicyclic) bond motifs is 1. The van der Waals surface area contributed by atoms with Crippen molar-refractivity contribution in [1.29, 1.82) is 5.26 Å². The average Bonchev–Trinajstić information content (AvgIpc) is 2.57. The van der Waals surface area contributed by atoms with Gasteiger partial charge in [-0.05, 0) is 13.0 Å². The Kier molecular flexibility index (Phi) is 2.14. The molecule has 0 radical (unpaired) electrons. The van der Waals surface area contributed by atoms with Gasteiger partial charge in [0.05, 0.1) is 0 Å². The zero-order chi connectivity index (χ0) is 10.8. The van der Waals surface area contributed by atoms with E-state index in [1.54, 1.807) is 19.2 Å². The lowest BCUT2D eigenvalue weighted by Gasteiger charge is -1.92. The number of amides is 1. The molecule has 15 heavy (non-hydrogen) atoms. The van der Waals surface area contributed by atoms with Crippen molar-refractivity contribution in [1.82, 2.24) is 5.32 Å². The van der Waals surface area contributed by atoms with Gasteiger partial charge >= 0.3 is 0 Å². The second kappa shape index (κ2) is 3.46. The van der Waals surface area contributed by atoms with Gasteiger partial charge in [0.15, 0.2) is 12.0 Å². The van der Waals surface area contributed by atoms with Crippen molar-refractivity contribution in [2.75, 3.05) is 0 Å². The predicted octanol–water partition coefficient (Wildman–Crippen LogP) is 1.95. The van der Waals surface area contributed by atoms with E-state index >= 15 is 0 Å². The minimum absolute atomic E-state index is 0.192. The van der Waals surface area contributed by atoms with Crippen molar-refractivity contribution in [3.8, 4) is 6.19 Å². The van der Waals surface area contributed by atoms with E-state index in [1.807, 2.05) is 23.5 Å². The minimum atomic E-state index is -0.508. The molecule has 4 nitrogen and oxygen atoms in total. The van der Waals surface area contributed by atoms with Gasteiger partial charge in [0.1, 0.15) is 5.58 Å². The van der Waals surface area contributed by atoms with Crippen LogP contribution < -0.4 is 5.32 Å². The summed E-state index contributed by atoms with van der Waals surface area (Å²) in [6.07, 6.45) is 1.58. The number of carbonyl (C=O) groups excluding carboxylic acids is 1. The molecule has 0 unspecified atom stereocenters. The smallest absolute Gasteiger partial charge is 0.300 e. The Hall–Kier alpha value is -2.28. The third-order valence-corrected chi connectivity index (χ3v) is 2.22. The Morgan fingerprint density at radius 2 is 2.20 bits per heavy atom. The van der Waals surface area contributed by atoms with Crippen LogP contribution >= 0.6 is 0 Å². The second-order valence-electron chi connectivity index (χ2n) is 3.12. The fraction of sp³-hybridized carbons (Fsp3) is 0.0909. The maximum Gasteiger partial charge on any atom is 0.300 e. The molecule has 1 amide bonds. The van der Waals surface area contributed by atoms with Gasteiger partial charge in [0.25, 0.3) is 5.91 Å². The highest BCUT2D eigenvalue weighted by Gasteiger charge is 2.16. The fourth-order valence-corrected chi connectivity index (χ4v) is 1.50. The molecule has 0 atom stereocenters. The number of nitrogens with one attached hydrogen (secondary N) is 1. The maximum atomic E-state index is 11.4. The number of nitriles is 1. The number of carbonyl (C=O) groups is 1. The molecule has 2 rings (SSSR count). The second-order valence-corrected chi connectivity index (χ2v) is 3.12. The van der Waals surface area contributed by atoms with Crippen molar-refractivity contribution < 1.29 is 9.21 Å². The van der Waals surface area contributed by atoms with Crippen LogP contribution in [0.3, 0.4) is 0 Å². The summed E-state index contributed by atoms with van der Waals surface area (Å²) in [6.45, 7) is 1.79. The molecule has 0 aliphatic carbocycles. The highest BCUT2D eigenvalue weighted by Crippen LogP contribution is 2.24. The van der Waals surface area contributed by atoms with E-state index in [2.05, 4.69) is 0 Å². The van der Waals surface area contributed by atoms with Crippen molar-refractivity contribution in [2.24, 2.45) is 0 Å². The summed E-state index contributed by atoms with van der Waals surface area (Å²) < 4.78 is 5.35. The van der Waals surface area contributed by atoms with Gasteiger partial charge in [-0.2, -0.15) is 5.26 Å². The van der Waals surface area contributed by atoms with E-state index in [9.17, 15) is 4.79 Å². The molecule has 1 heterocycles. The molecule has 1 aromatic carbocycles. The van der Waals surface area contributed by atoms with Gasteiger partial charge in [0, 0.05) is 10.9 Å². The van der Waals surface area contributed by atoms with Crippen LogP contribution in [0.25, 0.3) is 11.0 Å². The number of hydrogen-bond donors (Lipinski definition) is 1. The molecule has 0 saturated heterocycles. The van der Waals surface area contributed by atoms with Crippen LogP contribution in [0.15, 0.2) is 28.7 Å². The maximum absolute atomic E-state index is 11.4. The number of nitrogens with zero attached hydrogens (tertiary/aromatic N) is 1. The van der Waals surface area contributed by atoms with Gasteiger partial charge in [-0.25, -0.2) is 0 Å². The molecular weight excluding hydrogens is 192 g/mol. The number of furan rings is 1. The SMILES string of the molecule is Cc1c(C(=O)NC#N)oc2ccccc12. The number of hydrogen-bond acceptors (Lipinski definition) is 3. The number of para-hydroxylation sites is 1. The first kappa shape index (κ1) is 9.28. The molecule has 74 valence electrons. The summed E-state index contributed by atoms with van der Waals surface area (Å²) in [5, 5.41) is 11.3. The summed E-state index contributed by atoms with van der Waals surface area (Å²) in [5.41, 5.74) is 1.40. The highest BCUT2D eigenvalue weighted by atomic mass is 16.3. The van der Waals surface area contributed by atoms with Crippen LogP contribution in [0.2, 0.25) is 0 Å². The Morgan fingerprint density at radius 3 is 2.87 bits per heavy atom. The summed E-state index contributed by atoms with van der Waals surface area (Å²) in [5.74, 6) is -0.316. The van der Waals surface area contributed by atoms with E-state index in [1.165, 1.54) is 0 Å². The Balaban J connectivity index is 2.59. The first-order chi connectivity index (χ1) is 7.24. The van der Waals surface area contributed by atoms with Gasteiger partial charge in [-0.15, -0.1) is 0 Å². The summed E-state index contributed by atoms with van der Waals surface area (Å²) in [6, 6.07) is 7.36. The first-order valence-electron chi connectivity index (χ1n) is 4.41. The third kappa shape index (κ3) is 1.44. The topological polar surface area (TPSA) is 66.0 Å². The van der Waals surface area contributed by atoms with Crippen LogP contribution in [0.4, 0.5) is 0 Å². The lowest BCUT2D eigenvalue weighted by Crippen LogP contribution is -2.17. The lowest BCUT2D eigenvalue weighted by molar-refractivity contribution is 0.0947. The molecule has 0 bridgehead atoms. The molecule has 0 aliphatic rings. The highest BCUT2D eigenvalue weighted by molar-refractivity contribution is 5.99. The Morgan fingerprint density at radius 1 is 1.47 bits per heavy atom. The molecule has 1 N–H and O–H groups in total. The first-order valence-corrected chi connectivity index (χ1v) is 4.41. The quantitative estimate of drug-likeness (QED) is 0.565. The number of aryl methyl sites for hydroxylation is 1. The molecule has 0 aliphatic heterocycles. The zero-order valence-corrected chi connectivity index (χ0v) is 8.07. The molecule has 1 aromatic heterocycles. The lowest BCUT2D eigenvalue weighted by atomic mass is 10.1. The van der Waals surface area contributed by atoms with Gasteiger partial charge < -0.3 is 4.42 Å². The molecule has 0 spiro atoms. The van der Waals surface area contributed by atoms with Crippen molar-refractivity contribution in [2.45, 2.75) is 6.92 Å². The standard InChI is InChI=1S/C11H8N2O2/c1-7-8-4-2-3-5-9(8)15-10(7)11(14)13-6-12/h2-5H,1H3,(H,13,14). The monoisotopic (exact) mass is 200 g/mol. The van der Waals surface area contributed by atoms with Crippen LogP contribution in [-0.4, -0.2) is 5.91 Å². The molecular formula is C11H8N2O2. The average molecular weight is 200 g/mol. The Labute approximate surface area is 86.1 Å². The molecule has 4 heteroatoms. The van der Waals surface area contributed by atoms with Crippen molar-refractivity contribution in [3.63, 3.8) is 0 Å². The van der Waals surface area contributed by atoms with Gasteiger partial charge in [0.2, 0.25) is 0 Å². The Bertz CT molecular complexity index is 563. The van der Waals surface area contributed by atoms with Crippen molar-refractivity contribution >= 4 is 16.9 Å². The summed E-state index contributed by atoms with van der Waals surface area (Å²) in [7, 11) is 0. The number of rotatable bonds is 1. The van der Waals surface area contributed by atoms with E-state index in [0.717, 1.165) is 10.9 Å². The minimum Gasteiger partial charge on any atom is -0.451 e. The van der Waals surface area contributed by atoms with Crippen LogP contribution in [0.5, 0.6) is 0 Å². The number of benzene rings is 1. The summed E-state index contributed by atoms with van der Waals surface area (Å²) >= 11 is 0. The molecule has 0 fully saturated rings. The van der Waals surface area contributed by atoms with E-state index in [4.69, 9.17) is 9.68 Å². The fourth-order valence-electron chi connectivity index (χ4n) is 1.50. The van der Waals surface area contributed by atoms with Crippen molar-refractivity contribution in [3.05, 3.63) is 35.6 Å². The van der Waals surface area contributed by atoms with E-state index < -0.39 is 5.91 Å². The predicted molar refractivity (Wildman–Crippen MR) is 54.0 cm³/mol. The van der Waals surface area contributed by atoms with E-state index in [-0.39, 0.29) is 5.76 Å². The largest absolute Gasteiger partial charge is 0.451 e.